The molecule has 15 heavy (non-hydrogen) atoms. The highest BCUT2D eigenvalue weighted by Crippen LogP contribution is 2.33. The third-order valence-corrected chi connectivity index (χ3v) is 4.58. The lowest BCUT2D eigenvalue weighted by Crippen LogP contribution is -2.22. The molecule has 1 rings (SSSR count). The summed E-state index contributed by atoms with van der Waals surface area (Å²) in [6.45, 7) is 6.64. The van der Waals surface area contributed by atoms with Crippen LogP contribution < -0.4 is 5.73 Å². The molecular formula is C12H21NS2. The van der Waals surface area contributed by atoms with Crippen LogP contribution >= 0.6 is 23.1 Å². The Balaban J connectivity index is 2.45. The predicted octanol–water partition coefficient (Wildman–Crippen LogP) is 3.92. The lowest BCUT2D eigenvalue weighted by Gasteiger charge is -2.19. The smallest absolute Gasteiger partial charge is 0.0453 e. The minimum absolute atomic E-state index is 0.233. The van der Waals surface area contributed by atoms with Crippen LogP contribution in [0.2, 0.25) is 0 Å². The molecule has 3 heteroatoms. The summed E-state index contributed by atoms with van der Waals surface area (Å²) < 4.78 is 0. The third-order valence-electron chi connectivity index (χ3n) is 2.34. The monoisotopic (exact) mass is 243 g/mol. The van der Waals surface area contributed by atoms with Crippen LogP contribution in [0.3, 0.4) is 0 Å². The molecule has 0 saturated heterocycles. The molecule has 0 bridgehead atoms. The van der Waals surface area contributed by atoms with Crippen LogP contribution in [-0.4, -0.2) is 11.8 Å². The van der Waals surface area contributed by atoms with Gasteiger partial charge in [-0.2, -0.15) is 23.1 Å². The van der Waals surface area contributed by atoms with Gasteiger partial charge in [0.2, 0.25) is 0 Å². The average molecular weight is 243 g/mol. The van der Waals surface area contributed by atoms with Gasteiger partial charge in [0, 0.05) is 11.3 Å². The fourth-order valence-corrected chi connectivity index (χ4v) is 3.71. The van der Waals surface area contributed by atoms with Gasteiger partial charge in [-0.1, -0.05) is 13.8 Å². The van der Waals surface area contributed by atoms with Crippen molar-refractivity contribution >= 4 is 23.1 Å². The molecule has 1 aromatic rings. The van der Waals surface area contributed by atoms with Gasteiger partial charge in [0.1, 0.15) is 0 Å². The van der Waals surface area contributed by atoms with E-state index in [0.717, 1.165) is 5.92 Å². The van der Waals surface area contributed by atoms with Gasteiger partial charge < -0.3 is 5.73 Å². The zero-order valence-electron chi connectivity index (χ0n) is 9.77. The first-order chi connectivity index (χ1) is 7.11. The second-order valence-corrected chi connectivity index (χ2v) is 6.42. The van der Waals surface area contributed by atoms with Crippen molar-refractivity contribution in [2.75, 3.05) is 5.75 Å². The van der Waals surface area contributed by atoms with E-state index >= 15 is 0 Å². The summed E-state index contributed by atoms with van der Waals surface area (Å²) in [5, 5.41) is 4.82. The van der Waals surface area contributed by atoms with E-state index in [2.05, 4.69) is 37.6 Å². The molecule has 0 aliphatic heterocycles. The van der Waals surface area contributed by atoms with Gasteiger partial charge >= 0.3 is 0 Å². The van der Waals surface area contributed by atoms with Crippen LogP contribution in [-0.2, 0) is 0 Å². The van der Waals surface area contributed by atoms with Crippen LogP contribution in [0.15, 0.2) is 16.8 Å². The molecule has 86 valence electrons. The van der Waals surface area contributed by atoms with Gasteiger partial charge in [0.15, 0.2) is 0 Å². The summed E-state index contributed by atoms with van der Waals surface area (Å²) in [5.41, 5.74) is 7.42. The van der Waals surface area contributed by atoms with E-state index in [0.29, 0.717) is 5.25 Å². The van der Waals surface area contributed by atoms with Crippen molar-refractivity contribution in [1.82, 2.24) is 0 Å². The molecule has 0 aliphatic carbocycles. The lowest BCUT2D eigenvalue weighted by atomic mass is 10.1. The maximum Gasteiger partial charge on any atom is 0.0453 e. The molecule has 1 aromatic heterocycles. The van der Waals surface area contributed by atoms with Crippen LogP contribution in [0.5, 0.6) is 0 Å². The van der Waals surface area contributed by atoms with Crippen molar-refractivity contribution in [2.45, 2.75) is 38.5 Å². The zero-order valence-corrected chi connectivity index (χ0v) is 11.4. The summed E-state index contributed by atoms with van der Waals surface area (Å²) in [6, 6.07) is 2.43. The van der Waals surface area contributed by atoms with Crippen molar-refractivity contribution in [1.29, 1.82) is 0 Å². The van der Waals surface area contributed by atoms with E-state index in [1.54, 1.807) is 11.3 Å². The number of thioether (sulfide) groups is 1. The van der Waals surface area contributed by atoms with Gasteiger partial charge in [0.05, 0.1) is 0 Å². The van der Waals surface area contributed by atoms with E-state index in [-0.39, 0.29) is 6.04 Å². The fraction of sp³-hybridized carbons (Fsp3) is 0.667. The predicted molar refractivity (Wildman–Crippen MR) is 72.6 cm³/mol. The Kier molecular flexibility index (Phi) is 5.72. The van der Waals surface area contributed by atoms with Gasteiger partial charge in [0.25, 0.3) is 0 Å². The molecule has 1 heterocycles. The van der Waals surface area contributed by atoms with E-state index in [1.165, 1.54) is 17.7 Å². The molecule has 2 atom stereocenters. The van der Waals surface area contributed by atoms with Gasteiger partial charge in [-0.25, -0.2) is 0 Å². The molecule has 2 N–H and O–H groups in total. The summed E-state index contributed by atoms with van der Waals surface area (Å²) >= 11 is 3.75. The van der Waals surface area contributed by atoms with Crippen molar-refractivity contribution in [2.24, 2.45) is 11.7 Å². The Morgan fingerprint density at radius 2 is 2.13 bits per heavy atom. The zero-order chi connectivity index (χ0) is 11.3. The minimum atomic E-state index is 0.233. The molecule has 0 aromatic carbocycles. The van der Waals surface area contributed by atoms with Crippen LogP contribution in [0.1, 0.15) is 38.0 Å². The summed E-state index contributed by atoms with van der Waals surface area (Å²) in [4.78, 5) is 0. The second-order valence-electron chi connectivity index (χ2n) is 4.39. The van der Waals surface area contributed by atoms with Crippen molar-refractivity contribution in [3.05, 3.63) is 22.4 Å². The average Bonchev–Trinajstić information content (AvgIpc) is 2.63. The highest BCUT2D eigenvalue weighted by molar-refractivity contribution is 7.99. The Hall–Kier alpha value is 0.01000. The molecule has 2 unspecified atom stereocenters. The van der Waals surface area contributed by atoms with E-state index in [4.69, 9.17) is 5.73 Å². The summed E-state index contributed by atoms with van der Waals surface area (Å²) in [7, 11) is 0. The van der Waals surface area contributed by atoms with E-state index in [9.17, 15) is 0 Å². The molecule has 0 aliphatic rings. The number of hydrogen-bond donors (Lipinski definition) is 1. The first kappa shape index (κ1) is 13.1. The van der Waals surface area contributed by atoms with Crippen molar-refractivity contribution in [3.63, 3.8) is 0 Å². The maximum absolute atomic E-state index is 6.03. The number of rotatable bonds is 6. The highest BCUT2D eigenvalue weighted by Gasteiger charge is 2.16. The standard InChI is InChI=1S/C12H21NS2/c1-9(2)4-7-15-12(10(3)13)11-5-6-14-8-11/h5-6,8-10,12H,4,7,13H2,1-3H3. The Labute approximate surface area is 101 Å². The molecule has 1 nitrogen and oxygen atoms in total. The van der Waals surface area contributed by atoms with Crippen LogP contribution in [0.25, 0.3) is 0 Å². The molecule has 0 amide bonds. The lowest BCUT2D eigenvalue weighted by molar-refractivity contribution is 0.629. The molecular weight excluding hydrogens is 222 g/mol. The first-order valence-electron chi connectivity index (χ1n) is 5.50. The fourth-order valence-electron chi connectivity index (χ4n) is 1.42. The van der Waals surface area contributed by atoms with Gasteiger partial charge in [-0.15, -0.1) is 0 Å². The minimum Gasteiger partial charge on any atom is -0.327 e. The van der Waals surface area contributed by atoms with Crippen LogP contribution in [0, 0.1) is 5.92 Å². The molecule has 0 saturated carbocycles. The quantitative estimate of drug-likeness (QED) is 0.819. The maximum atomic E-state index is 6.03. The number of nitrogens with two attached hydrogens (primary N) is 1. The number of thiophene rings is 1. The van der Waals surface area contributed by atoms with E-state index < -0.39 is 0 Å². The van der Waals surface area contributed by atoms with Crippen molar-refractivity contribution < 1.29 is 0 Å². The van der Waals surface area contributed by atoms with Gasteiger partial charge in [-0.3, -0.25) is 0 Å². The largest absolute Gasteiger partial charge is 0.327 e. The summed E-state index contributed by atoms with van der Waals surface area (Å²) in [6.07, 6.45) is 1.28. The Morgan fingerprint density at radius 3 is 2.60 bits per heavy atom. The SMILES string of the molecule is CC(C)CCSC(c1ccsc1)C(C)N. The van der Waals surface area contributed by atoms with Crippen molar-refractivity contribution in [3.8, 4) is 0 Å². The van der Waals surface area contributed by atoms with E-state index in [1.807, 2.05) is 11.8 Å². The molecule has 0 fully saturated rings. The second kappa shape index (κ2) is 6.56. The Bertz CT molecular complexity index is 255. The topological polar surface area (TPSA) is 26.0 Å². The number of hydrogen-bond acceptors (Lipinski definition) is 3. The summed E-state index contributed by atoms with van der Waals surface area (Å²) in [5.74, 6) is 1.99. The normalized spacial score (nSPS) is 15.5. The van der Waals surface area contributed by atoms with Crippen LogP contribution in [0.4, 0.5) is 0 Å². The third kappa shape index (κ3) is 4.58. The van der Waals surface area contributed by atoms with Gasteiger partial charge in [-0.05, 0) is 47.4 Å². The Morgan fingerprint density at radius 1 is 1.40 bits per heavy atom. The molecule has 0 radical (unpaired) electrons. The highest BCUT2D eigenvalue weighted by atomic mass is 32.2. The first-order valence-corrected chi connectivity index (χ1v) is 7.49. The molecule has 0 spiro atoms.